The van der Waals surface area contributed by atoms with E-state index in [-0.39, 0.29) is 5.56 Å². The summed E-state index contributed by atoms with van der Waals surface area (Å²) in [5.41, 5.74) is -9.13. The van der Waals surface area contributed by atoms with Crippen molar-refractivity contribution in [3.63, 3.8) is 0 Å². The minimum atomic E-state index is -6.31. The van der Waals surface area contributed by atoms with Gasteiger partial charge in [-0.25, -0.2) is 8.78 Å². The van der Waals surface area contributed by atoms with E-state index in [9.17, 15) is 35.1 Å². The summed E-state index contributed by atoms with van der Waals surface area (Å²) in [4.78, 5) is 0. The van der Waals surface area contributed by atoms with Gasteiger partial charge in [-0.3, -0.25) is 0 Å². The fourth-order valence-corrected chi connectivity index (χ4v) is 3.08. The zero-order chi connectivity index (χ0) is 19.2. The molecule has 0 aromatic heterocycles. The quantitative estimate of drug-likeness (QED) is 0.466. The first-order chi connectivity index (χ1) is 11.3. The average Bonchev–Trinajstić information content (AvgIpc) is 2.44. The highest BCUT2D eigenvalue weighted by atomic mass is 79.9. The van der Waals surface area contributed by atoms with Gasteiger partial charge in [0.05, 0.1) is 0 Å². The molecule has 0 aliphatic heterocycles. The van der Waals surface area contributed by atoms with Crippen LogP contribution in [0.3, 0.4) is 0 Å². The standard InChI is InChI=1S/C16H8BrF8/c1-8-6-10(14(19,15(20,21)22)16(23,24)25)13(11(17)7-8)9-4-2-3-5-12(9)18/h2-6H,1H3. The Kier molecular flexibility index (Phi) is 4.93. The molecule has 0 spiro atoms. The van der Waals surface area contributed by atoms with Crippen LogP contribution in [0.25, 0.3) is 11.1 Å². The van der Waals surface area contributed by atoms with Gasteiger partial charge in [-0.1, -0.05) is 24.3 Å². The van der Waals surface area contributed by atoms with Gasteiger partial charge in [-0.05, 0) is 34.5 Å². The highest BCUT2D eigenvalue weighted by molar-refractivity contribution is 9.10. The van der Waals surface area contributed by atoms with Gasteiger partial charge in [-0.2, -0.15) is 26.3 Å². The van der Waals surface area contributed by atoms with Gasteiger partial charge in [0.2, 0.25) is 0 Å². The number of alkyl halides is 7. The summed E-state index contributed by atoms with van der Waals surface area (Å²) >= 11 is 2.77. The molecule has 0 atom stereocenters. The Bertz CT molecular complexity index is 778. The van der Waals surface area contributed by atoms with E-state index >= 15 is 0 Å². The van der Waals surface area contributed by atoms with Gasteiger partial charge >= 0.3 is 18.0 Å². The lowest BCUT2D eigenvalue weighted by Crippen LogP contribution is -2.50. The van der Waals surface area contributed by atoms with Crippen LogP contribution in [0.2, 0.25) is 0 Å². The van der Waals surface area contributed by atoms with Crippen LogP contribution in [-0.4, -0.2) is 12.4 Å². The largest absolute Gasteiger partial charge is 0.435 e. The van der Waals surface area contributed by atoms with E-state index < -0.39 is 45.0 Å². The van der Waals surface area contributed by atoms with Crippen molar-refractivity contribution in [3.05, 3.63) is 57.8 Å². The second-order valence-electron chi connectivity index (χ2n) is 5.19. The van der Waals surface area contributed by atoms with Crippen LogP contribution in [0.1, 0.15) is 11.1 Å². The minimum Gasteiger partial charge on any atom is -0.218 e. The van der Waals surface area contributed by atoms with Crippen LogP contribution >= 0.6 is 15.9 Å². The summed E-state index contributed by atoms with van der Waals surface area (Å²) in [6.45, 7) is 1.15. The highest BCUT2D eigenvalue weighted by Gasteiger charge is 2.74. The van der Waals surface area contributed by atoms with Crippen LogP contribution < -0.4 is 0 Å². The van der Waals surface area contributed by atoms with E-state index in [0.717, 1.165) is 19.1 Å². The van der Waals surface area contributed by atoms with Crippen LogP contribution in [0.4, 0.5) is 35.1 Å². The van der Waals surface area contributed by atoms with Gasteiger partial charge in [0.1, 0.15) is 5.82 Å². The van der Waals surface area contributed by atoms with Crippen molar-refractivity contribution < 1.29 is 35.1 Å². The fraction of sp³-hybridized carbons (Fsp3) is 0.250. The van der Waals surface area contributed by atoms with Crippen molar-refractivity contribution in [2.75, 3.05) is 0 Å². The maximum atomic E-state index is 14.6. The summed E-state index contributed by atoms with van der Waals surface area (Å²) in [5, 5.41) is 0. The Morgan fingerprint density at radius 3 is 1.92 bits per heavy atom. The number of benzene rings is 2. The maximum absolute atomic E-state index is 14.6. The molecule has 0 fully saturated rings. The highest BCUT2D eigenvalue weighted by Crippen LogP contribution is 2.56. The molecular formula is C16H8BrF8. The predicted molar refractivity (Wildman–Crippen MR) is 78.0 cm³/mol. The van der Waals surface area contributed by atoms with Crippen LogP contribution in [0.15, 0.2) is 34.8 Å². The second-order valence-corrected chi connectivity index (χ2v) is 5.98. The molecule has 9 heteroatoms. The Balaban J connectivity index is 2.97. The molecule has 0 saturated carbocycles. The smallest absolute Gasteiger partial charge is 0.218 e. The zero-order valence-corrected chi connectivity index (χ0v) is 13.9. The third kappa shape index (κ3) is 3.26. The van der Waals surface area contributed by atoms with Gasteiger partial charge in [-0.15, -0.1) is 0 Å². The molecule has 0 bridgehead atoms. The van der Waals surface area contributed by atoms with E-state index in [1.807, 2.05) is 0 Å². The van der Waals surface area contributed by atoms with Crippen LogP contribution in [0.5, 0.6) is 0 Å². The van der Waals surface area contributed by atoms with E-state index in [1.165, 1.54) is 12.1 Å². The van der Waals surface area contributed by atoms with Gasteiger partial charge in [0, 0.05) is 27.2 Å². The minimum absolute atomic E-state index is 0.183. The summed E-state index contributed by atoms with van der Waals surface area (Å²) in [5.74, 6) is -1.10. The molecule has 0 nitrogen and oxygen atoms in total. The Labute approximate surface area is 145 Å². The molecule has 2 aromatic rings. The fourth-order valence-electron chi connectivity index (χ4n) is 2.34. The Morgan fingerprint density at radius 1 is 0.920 bits per heavy atom. The normalized spacial score (nSPS) is 13.2. The summed E-state index contributed by atoms with van der Waals surface area (Å²) < 4.78 is 107. The molecule has 0 N–H and O–H groups in total. The van der Waals surface area contributed by atoms with Gasteiger partial charge in [0.25, 0.3) is 0 Å². The molecule has 0 heterocycles. The van der Waals surface area contributed by atoms with Gasteiger partial charge in [0.15, 0.2) is 0 Å². The van der Waals surface area contributed by atoms with Crippen LogP contribution in [0, 0.1) is 18.8 Å². The zero-order valence-electron chi connectivity index (χ0n) is 12.3. The number of aryl methyl sites for hydroxylation is 1. The monoisotopic (exact) mass is 431 g/mol. The molecule has 0 aliphatic rings. The molecule has 0 aliphatic carbocycles. The van der Waals surface area contributed by atoms with E-state index in [4.69, 9.17) is 0 Å². The molecule has 0 saturated heterocycles. The van der Waals surface area contributed by atoms with Crippen molar-refractivity contribution in [2.24, 2.45) is 0 Å². The third-order valence-electron chi connectivity index (χ3n) is 3.45. The summed E-state index contributed by atoms with van der Waals surface area (Å²) in [6.07, 6.45) is -12.6. The van der Waals surface area contributed by atoms with Crippen molar-refractivity contribution in [1.29, 1.82) is 0 Å². The lowest BCUT2D eigenvalue weighted by molar-refractivity contribution is -0.348. The molecule has 2 rings (SSSR count). The van der Waals surface area contributed by atoms with Crippen molar-refractivity contribution >= 4 is 15.9 Å². The lowest BCUT2D eigenvalue weighted by atomic mass is 9.85. The predicted octanol–water partition coefficient (Wildman–Crippen LogP) is 6.65. The Morgan fingerprint density at radius 2 is 1.44 bits per heavy atom. The third-order valence-corrected chi connectivity index (χ3v) is 4.05. The lowest BCUT2D eigenvalue weighted by Gasteiger charge is -2.32. The first kappa shape index (κ1) is 19.7. The molecular weight excluding hydrogens is 424 g/mol. The maximum Gasteiger partial charge on any atom is 0.435 e. The number of halogens is 9. The van der Waals surface area contributed by atoms with E-state index in [2.05, 4.69) is 22.0 Å². The number of hydrogen-bond donors (Lipinski definition) is 0. The van der Waals surface area contributed by atoms with Crippen molar-refractivity contribution in [3.8, 4) is 11.1 Å². The first-order valence-corrected chi connectivity index (χ1v) is 7.40. The average molecular weight is 432 g/mol. The topological polar surface area (TPSA) is 0 Å². The van der Waals surface area contributed by atoms with E-state index in [1.54, 1.807) is 0 Å². The summed E-state index contributed by atoms with van der Waals surface area (Å²) in [7, 11) is 0. The van der Waals surface area contributed by atoms with E-state index in [0.29, 0.717) is 6.07 Å². The summed E-state index contributed by atoms with van der Waals surface area (Å²) in [6, 6.07) is 6.99. The number of rotatable bonds is 2. The van der Waals surface area contributed by atoms with Crippen molar-refractivity contribution in [2.45, 2.75) is 24.9 Å². The first-order valence-electron chi connectivity index (χ1n) is 6.61. The Hall–Kier alpha value is -1.64. The number of hydrogen-bond acceptors (Lipinski definition) is 0. The van der Waals surface area contributed by atoms with Crippen molar-refractivity contribution in [1.82, 2.24) is 0 Å². The molecule has 25 heavy (non-hydrogen) atoms. The SMILES string of the molecule is Cc1[c]c(Br)c(-c2ccccc2F)c(C(F)(C(F)(F)F)C(F)(F)F)c1. The molecule has 135 valence electrons. The molecule has 1 radical (unpaired) electrons. The second kappa shape index (κ2) is 6.26. The van der Waals surface area contributed by atoms with Gasteiger partial charge < -0.3 is 0 Å². The molecule has 0 amide bonds. The van der Waals surface area contributed by atoms with Crippen LogP contribution in [-0.2, 0) is 5.67 Å². The molecule has 2 aromatic carbocycles. The molecule has 0 unspecified atom stereocenters.